The van der Waals surface area contributed by atoms with Crippen LogP contribution in [0.3, 0.4) is 0 Å². The summed E-state index contributed by atoms with van der Waals surface area (Å²) in [6, 6.07) is 7.03. The Labute approximate surface area is 103 Å². The minimum Gasteiger partial charge on any atom is -0.330 e. The van der Waals surface area contributed by atoms with E-state index < -0.39 is 10.0 Å². The minimum absolute atomic E-state index is 0.334. The monoisotopic (exact) mass is 256 g/mol. The van der Waals surface area contributed by atoms with Crippen molar-refractivity contribution < 1.29 is 8.42 Å². The van der Waals surface area contributed by atoms with Gasteiger partial charge in [-0.1, -0.05) is 19.1 Å². The van der Waals surface area contributed by atoms with Crippen LogP contribution in [0.4, 0.5) is 0 Å². The first-order chi connectivity index (χ1) is 8.10. The summed E-state index contributed by atoms with van der Waals surface area (Å²) in [6.07, 6.45) is 2.46. The summed E-state index contributed by atoms with van der Waals surface area (Å²) in [7, 11) is -3.35. The summed E-state index contributed by atoms with van der Waals surface area (Å²) in [5.41, 5.74) is 6.44. The molecule has 0 aliphatic carbocycles. The van der Waals surface area contributed by atoms with Gasteiger partial charge in [-0.3, -0.25) is 0 Å². The lowest BCUT2D eigenvalue weighted by atomic mass is 10.1. The quantitative estimate of drug-likeness (QED) is 0.771. The van der Waals surface area contributed by atoms with Crippen LogP contribution in [-0.4, -0.2) is 21.5 Å². The second-order valence-electron chi connectivity index (χ2n) is 3.94. The summed E-state index contributed by atoms with van der Waals surface area (Å²) in [5, 5.41) is 0. The van der Waals surface area contributed by atoms with E-state index in [0.29, 0.717) is 18.0 Å². The number of hydrogen-bond acceptors (Lipinski definition) is 3. The highest BCUT2D eigenvalue weighted by atomic mass is 32.2. The largest absolute Gasteiger partial charge is 0.330 e. The molecule has 1 aromatic carbocycles. The molecule has 0 bridgehead atoms. The van der Waals surface area contributed by atoms with E-state index in [1.54, 1.807) is 18.2 Å². The lowest BCUT2D eigenvalue weighted by Crippen LogP contribution is -2.24. The van der Waals surface area contributed by atoms with Crippen molar-refractivity contribution in [2.75, 3.05) is 13.1 Å². The zero-order valence-corrected chi connectivity index (χ0v) is 11.0. The molecule has 0 unspecified atom stereocenters. The van der Waals surface area contributed by atoms with Crippen molar-refractivity contribution in [1.82, 2.24) is 4.72 Å². The van der Waals surface area contributed by atoms with Crippen molar-refractivity contribution in [3.63, 3.8) is 0 Å². The third-order valence-electron chi connectivity index (χ3n) is 2.42. The number of hydrogen-bond donors (Lipinski definition) is 2. The van der Waals surface area contributed by atoms with Crippen molar-refractivity contribution in [3.8, 4) is 0 Å². The maximum Gasteiger partial charge on any atom is 0.240 e. The standard InChI is InChI=1S/C12H20N2O2S/c1-2-9-14-17(15,16)12-7-3-5-11(10-12)6-4-8-13/h3,5,7,10,14H,2,4,6,8-9,13H2,1H3. The lowest BCUT2D eigenvalue weighted by Gasteiger charge is -2.07. The van der Waals surface area contributed by atoms with E-state index in [4.69, 9.17) is 5.73 Å². The molecule has 0 spiro atoms. The summed E-state index contributed by atoms with van der Waals surface area (Å²) in [4.78, 5) is 0.334. The fourth-order valence-corrected chi connectivity index (χ4v) is 2.70. The van der Waals surface area contributed by atoms with Gasteiger partial charge in [-0.2, -0.15) is 0 Å². The molecule has 0 heterocycles. The van der Waals surface area contributed by atoms with Gasteiger partial charge in [0.15, 0.2) is 0 Å². The zero-order chi connectivity index (χ0) is 12.7. The van der Waals surface area contributed by atoms with Gasteiger partial charge >= 0.3 is 0 Å². The summed E-state index contributed by atoms with van der Waals surface area (Å²) in [5.74, 6) is 0. The second-order valence-corrected chi connectivity index (χ2v) is 5.70. The Morgan fingerprint density at radius 3 is 2.76 bits per heavy atom. The van der Waals surface area contributed by atoms with E-state index >= 15 is 0 Å². The zero-order valence-electron chi connectivity index (χ0n) is 10.1. The molecular formula is C12H20N2O2S. The topological polar surface area (TPSA) is 72.2 Å². The highest BCUT2D eigenvalue weighted by Gasteiger charge is 2.12. The Morgan fingerprint density at radius 2 is 2.12 bits per heavy atom. The number of benzene rings is 1. The first-order valence-corrected chi connectivity index (χ1v) is 7.37. The van der Waals surface area contributed by atoms with Gasteiger partial charge in [0.1, 0.15) is 0 Å². The number of sulfonamides is 1. The van der Waals surface area contributed by atoms with Gasteiger partial charge in [0.05, 0.1) is 4.90 Å². The molecule has 0 saturated carbocycles. The first kappa shape index (κ1) is 14.2. The summed E-state index contributed by atoms with van der Waals surface area (Å²) in [6.45, 7) is 3.01. The molecule has 0 aromatic heterocycles. The molecule has 0 saturated heterocycles. The van der Waals surface area contributed by atoms with Crippen LogP contribution in [0, 0.1) is 0 Å². The third-order valence-corrected chi connectivity index (χ3v) is 3.88. The van der Waals surface area contributed by atoms with Crippen LogP contribution < -0.4 is 10.5 Å². The highest BCUT2D eigenvalue weighted by Crippen LogP contribution is 2.12. The minimum atomic E-state index is -3.35. The van der Waals surface area contributed by atoms with E-state index in [1.807, 2.05) is 13.0 Å². The Kier molecular flexibility index (Phi) is 5.61. The average molecular weight is 256 g/mol. The highest BCUT2D eigenvalue weighted by molar-refractivity contribution is 7.89. The summed E-state index contributed by atoms with van der Waals surface area (Å²) >= 11 is 0. The number of rotatable bonds is 7. The predicted octanol–water partition coefficient (Wildman–Crippen LogP) is 1.27. The van der Waals surface area contributed by atoms with Crippen molar-refractivity contribution in [1.29, 1.82) is 0 Å². The van der Waals surface area contributed by atoms with Gasteiger partial charge in [-0.05, 0) is 43.5 Å². The van der Waals surface area contributed by atoms with E-state index in [1.165, 1.54) is 0 Å². The molecule has 0 atom stereocenters. The van der Waals surface area contributed by atoms with Crippen LogP contribution in [-0.2, 0) is 16.4 Å². The molecule has 1 rings (SSSR count). The van der Waals surface area contributed by atoms with Crippen molar-refractivity contribution in [2.45, 2.75) is 31.1 Å². The van der Waals surface area contributed by atoms with Gasteiger partial charge < -0.3 is 5.73 Å². The number of aryl methyl sites for hydroxylation is 1. The summed E-state index contributed by atoms with van der Waals surface area (Å²) < 4.78 is 26.3. The molecule has 17 heavy (non-hydrogen) atoms. The van der Waals surface area contributed by atoms with Gasteiger partial charge in [-0.25, -0.2) is 13.1 Å². The van der Waals surface area contributed by atoms with E-state index in [0.717, 1.165) is 24.8 Å². The molecule has 1 aromatic rings. The maximum atomic E-state index is 11.9. The Morgan fingerprint density at radius 1 is 1.35 bits per heavy atom. The molecule has 5 heteroatoms. The van der Waals surface area contributed by atoms with Gasteiger partial charge in [-0.15, -0.1) is 0 Å². The maximum absolute atomic E-state index is 11.9. The Bertz CT molecular complexity index is 444. The lowest BCUT2D eigenvalue weighted by molar-refractivity contribution is 0.580. The third kappa shape index (κ3) is 4.46. The van der Waals surface area contributed by atoms with Crippen LogP contribution in [0.2, 0.25) is 0 Å². The predicted molar refractivity (Wildman–Crippen MR) is 69.3 cm³/mol. The molecule has 0 amide bonds. The molecule has 0 radical (unpaired) electrons. The molecule has 0 aliphatic heterocycles. The molecule has 96 valence electrons. The Balaban J connectivity index is 2.83. The molecular weight excluding hydrogens is 236 g/mol. The van der Waals surface area contributed by atoms with Gasteiger partial charge in [0.25, 0.3) is 0 Å². The average Bonchev–Trinajstić information content (AvgIpc) is 2.34. The smallest absolute Gasteiger partial charge is 0.240 e. The SMILES string of the molecule is CCCNS(=O)(=O)c1cccc(CCCN)c1. The second kappa shape index (κ2) is 6.74. The number of nitrogens with two attached hydrogens (primary N) is 1. The van der Waals surface area contributed by atoms with Crippen LogP contribution in [0.5, 0.6) is 0 Å². The van der Waals surface area contributed by atoms with E-state index in [2.05, 4.69) is 4.72 Å². The van der Waals surface area contributed by atoms with Crippen LogP contribution in [0.25, 0.3) is 0 Å². The van der Waals surface area contributed by atoms with E-state index in [-0.39, 0.29) is 0 Å². The molecule has 0 aliphatic rings. The Hall–Kier alpha value is -0.910. The van der Waals surface area contributed by atoms with Gasteiger partial charge in [0.2, 0.25) is 10.0 Å². The van der Waals surface area contributed by atoms with Crippen molar-refractivity contribution in [3.05, 3.63) is 29.8 Å². The molecule has 3 N–H and O–H groups in total. The normalized spacial score (nSPS) is 11.6. The van der Waals surface area contributed by atoms with Crippen molar-refractivity contribution in [2.24, 2.45) is 5.73 Å². The van der Waals surface area contributed by atoms with E-state index in [9.17, 15) is 8.42 Å². The molecule has 4 nitrogen and oxygen atoms in total. The van der Waals surface area contributed by atoms with Crippen LogP contribution in [0.1, 0.15) is 25.3 Å². The fraction of sp³-hybridized carbons (Fsp3) is 0.500. The molecule has 0 fully saturated rings. The number of nitrogens with one attached hydrogen (secondary N) is 1. The van der Waals surface area contributed by atoms with Crippen molar-refractivity contribution >= 4 is 10.0 Å². The first-order valence-electron chi connectivity index (χ1n) is 5.89. The van der Waals surface area contributed by atoms with Crippen LogP contribution in [0.15, 0.2) is 29.2 Å². The van der Waals surface area contributed by atoms with Crippen LogP contribution >= 0.6 is 0 Å². The fourth-order valence-electron chi connectivity index (χ4n) is 1.49. The van der Waals surface area contributed by atoms with Gasteiger partial charge in [0, 0.05) is 6.54 Å².